The number of likely N-dealkylation sites (tertiary alicyclic amines) is 2. The van der Waals surface area contributed by atoms with Crippen LogP contribution in [0.3, 0.4) is 0 Å². The number of carbonyl (C=O) groups excluding carboxylic acids is 1. The van der Waals surface area contributed by atoms with Crippen LogP contribution in [0.15, 0.2) is 0 Å². The summed E-state index contributed by atoms with van der Waals surface area (Å²) < 4.78 is 0. The minimum atomic E-state index is 0.0941. The number of piperidine rings is 1. The summed E-state index contributed by atoms with van der Waals surface area (Å²) >= 11 is 0. The predicted molar refractivity (Wildman–Crippen MR) is 82.7 cm³/mol. The van der Waals surface area contributed by atoms with Crippen molar-refractivity contribution < 1.29 is 4.79 Å². The molecule has 2 saturated heterocycles. The molecule has 0 aliphatic carbocycles. The van der Waals surface area contributed by atoms with Crippen LogP contribution in [-0.4, -0.2) is 61.0 Å². The fourth-order valence-corrected chi connectivity index (χ4v) is 3.29. The van der Waals surface area contributed by atoms with Crippen LogP contribution in [0.2, 0.25) is 0 Å². The average Bonchev–Trinajstić information content (AvgIpc) is 2.36. The third-order valence-electron chi connectivity index (χ3n) is 4.98. The summed E-state index contributed by atoms with van der Waals surface area (Å²) in [5.41, 5.74) is 0.613. The van der Waals surface area contributed by atoms with Gasteiger partial charge in [-0.25, -0.2) is 0 Å². The van der Waals surface area contributed by atoms with Crippen LogP contribution < -0.4 is 5.32 Å². The van der Waals surface area contributed by atoms with Gasteiger partial charge in [0.2, 0.25) is 5.91 Å². The summed E-state index contributed by atoms with van der Waals surface area (Å²) in [5.74, 6) is 0.265. The Bertz CT molecular complexity index is 325. The van der Waals surface area contributed by atoms with E-state index in [1.165, 1.54) is 39.0 Å². The molecule has 0 aromatic heterocycles. The lowest BCUT2D eigenvalue weighted by molar-refractivity contribution is -0.124. The van der Waals surface area contributed by atoms with Crippen molar-refractivity contribution in [2.45, 2.75) is 46.6 Å². The van der Waals surface area contributed by atoms with Gasteiger partial charge in [0, 0.05) is 38.1 Å². The van der Waals surface area contributed by atoms with Crippen molar-refractivity contribution in [1.29, 1.82) is 0 Å². The van der Waals surface area contributed by atoms with Crippen molar-refractivity contribution in [3.05, 3.63) is 0 Å². The van der Waals surface area contributed by atoms with Gasteiger partial charge in [0.1, 0.15) is 0 Å². The zero-order valence-electron chi connectivity index (χ0n) is 13.6. The normalized spacial score (nSPS) is 23.3. The minimum Gasteiger partial charge on any atom is -0.355 e. The molecule has 2 aliphatic rings. The van der Waals surface area contributed by atoms with Crippen molar-refractivity contribution >= 4 is 5.91 Å². The molecule has 2 fully saturated rings. The topological polar surface area (TPSA) is 35.6 Å². The van der Waals surface area contributed by atoms with Gasteiger partial charge in [0.15, 0.2) is 0 Å². The van der Waals surface area contributed by atoms with Crippen LogP contribution in [0.1, 0.15) is 40.5 Å². The third kappa shape index (κ3) is 3.73. The van der Waals surface area contributed by atoms with Crippen molar-refractivity contribution in [2.75, 3.05) is 39.3 Å². The lowest BCUT2D eigenvalue weighted by Crippen LogP contribution is -2.62. The monoisotopic (exact) mass is 281 g/mol. The van der Waals surface area contributed by atoms with E-state index < -0.39 is 0 Å². The van der Waals surface area contributed by atoms with Crippen molar-refractivity contribution in [1.82, 2.24) is 15.1 Å². The van der Waals surface area contributed by atoms with Gasteiger partial charge < -0.3 is 10.2 Å². The Hall–Kier alpha value is -0.610. The summed E-state index contributed by atoms with van der Waals surface area (Å²) in [6, 6.07) is 0.699. The number of amides is 1. The number of nitrogens with zero attached hydrogens (tertiary/aromatic N) is 2. The Balaban J connectivity index is 1.62. The molecule has 2 rings (SSSR count). The standard InChI is InChI=1S/C16H31N3O/c1-13(2)15(20)17-7-10-18-8-5-16(6-9-18)11-19(12-16)14(3)4/h13-14H,5-12H2,1-4H3,(H,17,20). The molecule has 0 aromatic carbocycles. The summed E-state index contributed by atoms with van der Waals surface area (Å²) in [4.78, 5) is 16.6. The Morgan fingerprint density at radius 3 is 2.25 bits per heavy atom. The van der Waals surface area contributed by atoms with Crippen LogP contribution in [0.5, 0.6) is 0 Å². The van der Waals surface area contributed by atoms with E-state index in [0.29, 0.717) is 11.5 Å². The first-order valence-corrected chi connectivity index (χ1v) is 8.16. The lowest BCUT2D eigenvalue weighted by atomic mass is 9.71. The first-order valence-electron chi connectivity index (χ1n) is 8.16. The first-order chi connectivity index (χ1) is 9.42. The number of rotatable bonds is 5. The second kappa shape index (κ2) is 6.44. The van der Waals surface area contributed by atoms with Gasteiger partial charge in [-0.3, -0.25) is 9.69 Å². The van der Waals surface area contributed by atoms with E-state index in [1.807, 2.05) is 13.8 Å². The zero-order chi connectivity index (χ0) is 14.8. The van der Waals surface area contributed by atoms with Gasteiger partial charge in [-0.1, -0.05) is 13.8 Å². The SMILES string of the molecule is CC(C)C(=O)NCCN1CCC2(CC1)CN(C(C)C)C2. The smallest absolute Gasteiger partial charge is 0.222 e. The van der Waals surface area contributed by atoms with Crippen LogP contribution in [0.25, 0.3) is 0 Å². The molecule has 4 nitrogen and oxygen atoms in total. The zero-order valence-corrected chi connectivity index (χ0v) is 13.6. The highest BCUT2D eigenvalue weighted by Gasteiger charge is 2.45. The highest BCUT2D eigenvalue weighted by atomic mass is 16.1. The van der Waals surface area contributed by atoms with E-state index >= 15 is 0 Å². The minimum absolute atomic E-state index is 0.0941. The van der Waals surface area contributed by atoms with Crippen LogP contribution >= 0.6 is 0 Å². The molecule has 20 heavy (non-hydrogen) atoms. The third-order valence-corrected chi connectivity index (χ3v) is 4.98. The van der Waals surface area contributed by atoms with Gasteiger partial charge in [-0.05, 0) is 45.2 Å². The van der Waals surface area contributed by atoms with Gasteiger partial charge in [0.25, 0.3) is 0 Å². The maximum atomic E-state index is 11.5. The maximum absolute atomic E-state index is 11.5. The first kappa shape index (κ1) is 15.8. The fraction of sp³-hybridized carbons (Fsp3) is 0.938. The van der Waals surface area contributed by atoms with Gasteiger partial charge in [-0.2, -0.15) is 0 Å². The molecule has 1 N–H and O–H groups in total. The fourth-order valence-electron chi connectivity index (χ4n) is 3.29. The lowest BCUT2D eigenvalue weighted by Gasteiger charge is -2.55. The number of hydrogen-bond donors (Lipinski definition) is 1. The second-order valence-electron chi connectivity index (χ2n) is 7.29. The Morgan fingerprint density at radius 2 is 1.75 bits per heavy atom. The summed E-state index contributed by atoms with van der Waals surface area (Å²) in [6.45, 7) is 15.2. The van der Waals surface area contributed by atoms with Gasteiger partial charge in [-0.15, -0.1) is 0 Å². The number of hydrogen-bond acceptors (Lipinski definition) is 3. The summed E-state index contributed by atoms with van der Waals surface area (Å²) in [5, 5.41) is 3.01. The van der Waals surface area contributed by atoms with Crippen molar-refractivity contribution in [3.8, 4) is 0 Å². The molecule has 2 heterocycles. The molecule has 1 spiro atoms. The molecular formula is C16H31N3O. The van der Waals surface area contributed by atoms with E-state index in [4.69, 9.17) is 0 Å². The predicted octanol–water partition coefficient (Wildman–Crippen LogP) is 1.56. The molecule has 2 aliphatic heterocycles. The number of carbonyl (C=O) groups is 1. The van der Waals surface area contributed by atoms with Gasteiger partial charge >= 0.3 is 0 Å². The van der Waals surface area contributed by atoms with Crippen LogP contribution in [0, 0.1) is 11.3 Å². The van der Waals surface area contributed by atoms with E-state index in [2.05, 4.69) is 29.0 Å². The Kier molecular flexibility index (Phi) is 5.08. The van der Waals surface area contributed by atoms with Crippen molar-refractivity contribution in [2.24, 2.45) is 11.3 Å². The highest BCUT2D eigenvalue weighted by Crippen LogP contribution is 2.41. The van der Waals surface area contributed by atoms with E-state index in [0.717, 1.165) is 13.1 Å². The molecule has 116 valence electrons. The molecular weight excluding hydrogens is 250 g/mol. The molecule has 0 radical (unpaired) electrons. The molecule has 0 unspecified atom stereocenters. The molecule has 0 atom stereocenters. The number of nitrogens with one attached hydrogen (secondary N) is 1. The van der Waals surface area contributed by atoms with E-state index in [9.17, 15) is 4.79 Å². The molecule has 0 aromatic rings. The maximum Gasteiger partial charge on any atom is 0.222 e. The molecule has 0 saturated carbocycles. The molecule has 1 amide bonds. The van der Waals surface area contributed by atoms with E-state index in [-0.39, 0.29) is 11.8 Å². The quantitative estimate of drug-likeness (QED) is 0.831. The van der Waals surface area contributed by atoms with Crippen molar-refractivity contribution in [3.63, 3.8) is 0 Å². The summed E-state index contributed by atoms with van der Waals surface area (Å²) in [6.07, 6.45) is 2.66. The van der Waals surface area contributed by atoms with Crippen LogP contribution in [0.4, 0.5) is 0 Å². The van der Waals surface area contributed by atoms with Gasteiger partial charge in [0.05, 0.1) is 0 Å². The summed E-state index contributed by atoms with van der Waals surface area (Å²) in [7, 11) is 0. The average molecular weight is 281 g/mol. The highest BCUT2D eigenvalue weighted by molar-refractivity contribution is 5.77. The molecule has 4 heteroatoms. The Morgan fingerprint density at radius 1 is 1.15 bits per heavy atom. The van der Waals surface area contributed by atoms with Crippen LogP contribution in [-0.2, 0) is 4.79 Å². The largest absolute Gasteiger partial charge is 0.355 e. The Labute approximate surface area is 123 Å². The molecule has 0 bridgehead atoms. The second-order valence-corrected chi connectivity index (χ2v) is 7.29. The van der Waals surface area contributed by atoms with E-state index in [1.54, 1.807) is 0 Å².